The maximum atomic E-state index is 8.69. The van der Waals surface area contributed by atoms with Crippen LogP contribution in [0.5, 0.6) is 0 Å². The minimum absolute atomic E-state index is 0.271. The summed E-state index contributed by atoms with van der Waals surface area (Å²) in [6, 6.07) is 0. The van der Waals surface area contributed by atoms with E-state index >= 15 is 0 Å². The molecule has 0 saturated carbocycles. The normalized spacial score (nSPS) is 11.6. The molecule has 0 aliphatic rings. The highest BCUT2D eigenvalue weighted by Gasteiger charge is 1.90. The Labute approximate surface area is 53.6 Å². The van der Waals surface area contributed by atoms with Crippen molar-refractivity contribution < 1.29 is 5.11 Å². The fourth-order valence-corrected chi connectivity index (χ4v) is 0.280. The molecule has 0 aromatic heterocycles. The number of rotatable bonds is 3. The van der Waals surface area contributed by atoms with E-state index in [1.54, 1.807) is 0 Å². The Morgan fingerprint density at radius 2 is 2.62 bits per heavy atom. The molecular weight excluding hydrogens is 122 g/mol. The fourth-order valence-electron chi connectivity index (χ4n) is 0.205. The van der Waals surface area contributed by atoms with Gasteiger partial charge in [0.2, 0.25) is 0 Å². The van der Waals surface area contributed by atoms with Crippen LogP contribution in [-0.2, 0) is 0 Å². The molecule has 0 bridgehead atoms. The average Bonchev–Trinajstić information content (AvgIpc) is 1.83. The average molecular weight is 129 g/mol. The molecule has 0 spiro atoms. The van der Waals surface area contributed by atoms with Gasteiger partial charge >= 0.3 is 0 Å². The van der Waals surface area contributed by atoms with Crippen molar-refractivity contribution >= 4 is 17.4 Å². The Balaban J connectivity index is 3.38. The summed E-state index contributed by atoms with van der Waals surface area (Å²) in [4.78, 5) is 3.49. The lowest BCUT2D eigenvalue weighted by Gasteiger charge is -1.94. The van der Waals surface area contributed by atoms with Crippen LogP contribution >= 0.6 is 12.2 Å². The highest BCUT2D eigenvalue weighted by atomic mass is 32.1. The minimum atomic E-state index is -0.578. The Morgan fingerprint density at radius 1 is 2.00 bits per heavy atom. The lowest BCUT2D eigenvalue weighted by atomic mass is 10.4. The van der Waals surface area contributed by atoms with Crippen molar-refractivity contribution in [1.29, 1.82) is 0 Å². The van der Waals surface area contributed by atoms with E-state index in [0.29, 0.717) is 0 Å². The van der Waals surface area contributed by atoms with E-state index in [-0.39, 0.29) is 6.54 Å². The third-order valence-electron chi connectivity index (χ3n) is 0.615. The first-order valence-electron chi connectivity index (χ1n) is 2.15. The Morgan fingerprint density at radius 3 is 3.00 bits per heavy atom. The van der Waals surface area contributed by atoms with E-state index in [1.165, 1.54) is 6.08 Å². The first-order valence-corrected chi connectivity index (χ1v) is 2.56. The van der Waals surface area contributed by atoms with E-state index < -0.39 is 6.10 Å². The van der Waals surface area contributed by atoms with Crippen LogP contribution in [0, 0.1) is 0 Å². The topological polar surface area (TPSA) is 32.6 Å². The monoisotopic (exact) mass is 129 g/mol. The summed E-state index contributed by atoms with van der Waals surface area (Å²) in [5, 5.41) is 10.8. The summed E-state index contributed by atoms with van der Waals surface area (Å²) < 4.78 is 0. The zero-order chi connectivity index (χ0) is 6.41. The van der Waals surface area contributed by atoms with Gasteiger partial charge in [-0.25, -0.2) is 4.99 Å². The first kappa shape index (κ1) is 7.50. The van der Waals surface area contributed by atoms with Crippen LogP contribution in [0.15, 0.2) is 17.6 Å². The number of isothiocyanates is 1. The van der Waals surface area contributed by atoms with Crippen LogP contribution in [0.25, 0.3) is 0 Å². The number of nitrogens with zero attached hydrogens (tertiary/aromatic N) is 1. The third-order valence-corrected chi connectivity index (χ3v) is 0.744. The van der Waals surface area contributed by atoms with Crippen molar-refractivity contribution in [3.05, 3.63) is 12.7 Å². The van der Waals surface area contributed by atoms with Crippen molar-refractivity contribution in [2.45, 2.75) is 6.10 Å². The van der Waals surface area contributed by atoms with Crippen LogP contribution in [0.1, 0.15) is 0 Å². The molecule has 3 heteroatoms. The maximum Gasteiger partial charge on any atom is 0.0921 e. The number of hydrogen-bond acceptors (Lipinski definition) is 3. The van der Waals surface area contributed by atoms with E-state index in [4.69, 9.17) is 5.11 Å². The van der Waals surface area contributed by atoms with Gasteiger partial charge in [0.25, 0.3) is 0 Å². The van der Waals surface area contributed by atoms with Gasteiger partial charge in [0.1, 0.15) is 0 Å². The van der Waals surface area contributed by atoms with Gasteiger partial charge in [-0.2, -0.15) is 0 Å². The van der Waals surface area contributed by atoms with E-state index in [1.807, 2.05) is 0 Å². The van der Waals surface area contributed by atoms with Crippen molar-refractivity contribution in [2.75, 3.05) is 6.54 Å². The summed E-state index contributed by atoms with van der Waals surface area (Å²) in [5.41, 5.74) is 0. The molecule has 2 nitrogen and oxygen atoms in total. The SMILES string of the molecule is C=CC(O)CN=C=S. The van der Waals surface area contributed by atoms with E-state index in [2.05, 4.69) is 29.0 Å². The summed E-state index contributed by atoms with van der Waals surface area (Å²) in [5.74, 6) is 0. The lowest BCUT2D eigenvalue weighted by molar-refractivity contribution is 0.233. The van der Waals surface area contributed by atoms with Gasteiger partial charge in [0.15, 0.2) is 0 Å². The number of hydrogen-bond donors (Lipinski definition) is 1. The molecule has 0 radical (unpaired) electrons. The molecule has 1 N–H and O–H groups in total. The Bertz CT molecular complexity index is 118. The molecule has 0 aromatic carbocycles. The molecule has 0 fully saturated rings. The summed E-state index contributed by atoms with van der Waals surface area (Å²) >= 11 is 4.26. The van der Waals surface area contributed by atoms with Crippen LogP contribution in [0.2, 0.25) is 0 Å². The maximum absolute atomic E-state index is 8.69. The summed E-state index contributed by atoms with van der Waals surface area (Å²) in [6.07, 6.45) is 0.821. The number of aliphatic imine (C=N–C) groups is 1. The molecule has 0 aromatic rings. The lowest BCUT2D eigenvalue weighted by Crippen LogP contribution is -2.04. The molecule has 0 aliphatic carbocycles. The number of aliphatic hydroxyl groups is 1. The smallest absolute Gasteiger partial charge is 0.0921 e. The zero-order valence-corrected chi connectivity index (χ0v) is 5.19. The van der Waals surface area contributed by atoms with Crippen LogP contribution < -0.4 is 0 Å². The quantitative estimate of drug-likeness (QED) is 0.344. The third kappa shape index (κ3) is 3.68. The predicted molar refractivity (Wildman–Crippen MR) is 36.1 cm³/mol. The van der Waals surface area contributed by atoms with E-state index in [0.717, 1.165) is 0 Å². The number of thiocarbonyl (C=S) groups is 1. The molecule has 8 heavy (non-hydrogen) atoms. The van der Waals surface area contributed by atoms with Gasteiger partial charge in [-0.1, -0.05) is 6.08 Å². The van der Waals surface area contributed by atoms with Gasteiger partial charge < -0.3 is 5.11 Å². The van der Waals surface area contributed by atoms with Crippen LogP contribution in [0.4, 0.5) is 0 Å². The van der Waals surface area contributed by atoms with Gasteiger partial charge in [-0.05, 0) is 12.2 Å². The van der Waals surface area contributed by atoms with Gasteiger partial charge in [0, 0.05) is 0 Å². The molecule has 0 saturated heterocycles. The largest absolute Gasteiger partial charge is 0.387 e. The van der Waals surface area contributed by atoms with Gasteiger partial charge in [-0.3, -0.25) is 0 Å². The zero-order valence-electron chi connectivity index (χ0n) is 4.37. The molecule has 0 heterocycles. The molecule has 0 rings (SSSR count). The molecule has 44 valence electrons. The second-order valence-corrected chi connectivity index (χ2v) is 1.42. The standard InChI is InChI=1S/C5H7NOS/c1-2-5(7)3-6-4-8/h2,5,7H,1,3H2. The summed E-state index contributed by atoms with van der Waals surface area (Å²) in [7, 11) is 0. The highest BCUT2D eigenvalue weighted by Crippen LogP contribution is 1.81. The second kappa shape index (κ2) is 4.65. The Kier molecular flexibility index (Phi) is 4.36. The first-order chi connectivity index (χ1) is 3.81. The van der Waals surface area contributed by atoms with Crippen LogP contribution in [0.3, 0.4) is 0 Å². The highest BCUT2D eigenvalue weighted by molar-refractivity contribution is 7.78. The second-order valence-electron chi connectivity index (χ2n) is 1.24. The minimum Gasteiger partial charge on any atom is -0.387 e. The van der Waals surface area contributed by atoms with Crippen molar-refractivity contribution in [3.63, 3.8) is 0 Å². The molecule has 1 unspecified atom stereocenters. The molecule has 0 aliphatic heterocycles. The molecule has 0 amide bonds. The van der Waals surface area contributed by atoms with Crippen molar-refractivity contribution in [2.24, 2.45) is 4.99 Å². The van der Waals surface area contributed by atoms with E-state index in [9.17, 15) is 0 Å². The van der Waals surface area contributed by atoms with Crippen molar-refractivity contribution in [3.8, 4) is 0 Å². The predicted octanol–water partition coefficient (Wildman–Crippen LogP) is 0.636. The van der Waals surface area contributed by atoms with Gasteiger partial charge in [0.05, 0.1) is 17.8 Å². The van der Waals surface area contributed by atoms with Crippen LogP contribution in [-0.4, -0.2) is 22.9 Å². The molecule has 1 atom stereocenters. The molecular formula is C5H7NOS. The van der Waals surface area contributed by atoms with Gasteiger partial charge in [-0.15, -0.1) is 6.58 Å². The Hall–Kier alpha value is -0.500. The summed E-state index contributed by atoms with van der Waals surface area (Å²) in [6.45, 7) is 3.61. The number of aliphatic hydroxyl groups excluding tert-OH is 1. The van der Waals surface area contributed by atoms with Crippen molar-refractivity contribution in [1.82, 2.24) is 0 Å². The fraction of sp³-hybridized carbons (Fsp3) is 0.400.